The van der Waals surface area contributed by atoms with E-state index in [0.717, 1.165) is 18.4 Å². The maximum absolute atomic E-state index is 4.05. The fourth-order valence-electron chi connectivity index (χ4n) is 2.83. The Bertz CT molecular complexity index is 318. The highest BCUT2D eigenvalue weighted by Crippen LogP contribution is 2.27. The third kappa shape index (κ3) is 2.37. The monoisotopic (exact) mass is 239 g/mol. The molecule has 1 aromatic rings. The summed E-state index contributed by atoms with van der Waals surface area (Å²) < 4.78 is 0. The first-order valence-electron chi connectivity index (χ1n) is 5.74. The molecule has 3 nitrogen and oxygen atoms in total. The summed E-state index contributed by atoms with van der Waals surface area (Å²) in [6, 6.07) is 4.23. The van der Waals surface area contributed by atoms with E-state index < -0.39 is 0 Å². The number of pyridine rings is 1. The minimum absolute atomic E-state index is 0. The van der Waals surface area contributed by atoms with E-state index in [0.29, 0.717) is 0 Å². The molecule has 3 heterocycles. The van der Waals surface area contributed by atoms with Crippen molar-refractivity contribution in [1.29, 1.82) is 0 Å². The van der Waals surface area contributed by atoms with Crippen molar-refractivity contribution >= 4 is 12.4 Å². The minimum Gasteiger partial charge on any atom is -0.316 e. The van der Waals surface area contributed by atoms with Crippen LogP contribution < -0.4 is 5.32 Å². The Morgan fingerprint density at radius 2 is 1.81 bits per heavy atom. The molecule has 0 unspecified atom stereocenters. The van der Waals surface area contributed by atoms with Crippen molar-refractivity contribution in [2.75, 3.05) is 26.2 Å². The van der Waals surface area contributed by atoms with Gasteiger partial charge in [-0.3, -0.25) is 9.88 Å². The van der Waals surface area contributed by atoms with Crippen LogP contribution in [0, 0.1) is 11.8 Å². The van der Waals surface area contributed by atoms with Gasteiger partial charge in [-0.15, -0.1) is 12.4 Å². The maximum Gasteiger partial charge on any atom is 0.0271 e. The van der Waals surface area contributed by atoms with Gasteiger partial charge in [0.05, 0.1) is 0 Å². The lowest BCUT2D eigenvalue weighted by molar-refractivity contribution is 0.305. The highest BCUT2D eigenvalue weighted by Gasteiger charge is 2.35. The fourth-order valence-corrected chi connectivity index (χ4v) is 2.83. The van der Waals surface area contributed by atoms with Crippen LogP contribution in [0.2, 0.25) is 0 Å². The number of aromatic nitrogens is 1. The van der Waals surface area contributed by atoms with Crippen molar-refractivity contribution in [3.05, 3.63) is 30.1 Å². The van der Waals surface area contributed by atoms with Crippen molar-refractivity contribution < 1.29 is 0 Å². The molecule has 0 amide bonds. The van der Waals surface area contributed by atoms with E-state index in [4.69, 9.17) is 0 Å². The summed E-state index contributed by atoms with van der Waals surface area (Å²) in [5.41, 5.74) is 1.39. The standard InChI is InChI=1S/C12H17N3.ClH/c1-3-13-4-2-10(1)7-15-8-11-5-14-6-12(11)9-15;/h1-4,11-12,14H,5-9H2;1H/t11-,12+;. The first-order chi connectivity index (χ1) is 7.42. The minimum atomic E-state index is 0. The van der Waals surface area contributed by atoms with Gasteiger partial charge in [-0.05, 0) is 42.6 Å². The predicted octanol–water partition coefficient (Wildman–Crippen LogP) is 1.15. The Kier molecular flexibility index (Phi) is 3.79. The van der Waals surface area contributed by atoms with Crippen molar-refractivity contribution in [2.45, 2.75) is 6.54 Å². The number of nitrogens with one attached hydrogen (secondary N) is 1. The molecule has 88 valence electrons. The number of likely N-dealkylation sites (tertiary alicyclic amines) is 1. The van der Waals surface area contributed by atoms with Crippen LogP contribution in [0.1, 0.15) is 5.56 Å². The molecule has 16 heavy (non-hydrogen) atoms. The van der Waals surface area contributed by atoms with Crippen LogP contribution in [0.3, 0.4) is 0 Å². The summed E-state index contributed by atoms with van der Waals surface area (Å²) in [6.45, 7) is 6.06. The van der Waals surface area contributed by atoms with Crippen LogP contribution in [-0.2, 0) is 6.54 Å². The molecule has 2 aliphatic heterocycles. The molecule has 0 radical (unpaired) electrons. The van der Waals surface area contributed by atoms with Gasteiger partial charge in [0.1, 0.15) is 0 Å². The van der Waals surface area contributed by atoms with E-state index in [-0.39, 0.29) is 12.4 Å². The molecule has 0 aromatic carbocycles. The summed E-state index contributed by atoms with van der Waals surface area (Å²) in [7, 11) is 0. The largest absolute Gasteiger partial charge is 0.316 e. The molecule has 2 aliphatic rings. The van der Waals surface area contributed by atoms with Gasteiger partial charge in [0.25, 0.3) is 0 Å². The van der Waals surface area contributed by atoms with Gasteiger partial charge < -0.3 is 5.32 Å². The number of rotatable bonds is 2. The molecule has 2 fully saturated rings. The summed E-state index contributed by atoms with van der Waals surface area (Å²) >= 11 is 0. The van der Waals surface area contributed by atoms with E-state index in [9.17, 15) is 0 Å². The maximum atomic E-state index is 4.05. The van der Waals surface area contributed by atoms with E-state index in [2.05, 4.69) is 27.3 Å². The van der Waals surface area contributed by atoms with Crippen molar-refractivity contribution in [3.8, 4) is 0 Å². The lowest BCUT2D eigenvalue weighted by atomic mass is 10.0. The molecule has 4 heteroatoms. The van der Waals surface area contributed by atoms with Gasteiger partial charge in [0.15, 0.2) is 0 Å². The number of halogens is 1. The van der Waals surface area contributed by atoms with Crippen LogP contribution in [0.15, 0.2) is 24.5 Å². The zero-order valence-corrected chi connectivity index (χ0v) is 10.1. The molecule has 2 atom stereocenters. The van der Waals surface area contributed by atoms with Gasteiger partial charge in [0.2, 0.25) is 0 Å². The highest BCUT2D eigenvalue weighted by molar-refractivity contribution is 5.85. The second-order valence-corrected chi connectivity index (χ2v) is 4.73. The molecule has 2 saturated heterocycles. The zero-order valence-electron chi connectivity index (χ0n) is 9.30. The normalized spacial score (nSPS) is 28.8. The lowest BCUT2D eigenvalue weighted by Gasteiger charge is -2.16. The topological polar surface area (TPSA) is 28.2 Å². The molecule has 0 spiro atoms. The first kappa shape index (κ1) is 11.8. The molecular weight excluding hydrogens is 222 g/mol. The Labute approximate surface area is 103 Å². The van der Waals surface area contributed by atoms with Crippen molar-refractivity contribution in [3.63, 3.8) is 0 Å². The molecule has 1 N–H and O–H groups in total. The third-order valence-electron chi connectivity index (χ3n) is 3.62. The number of hydrogen-bond acceptors (Lipinski definition) is 3. The Hall–Kier alpha value is -0.640. The average Bonchev–Trinajstić information content (AvgIpc) is 2.79. The van der Waals surface area contributed by atoms with Gasteiger partial charge in [-0.2, -0.15) is 0 Å². The fraction of sp³-hybridized carbons (Fsp3) is 0.583. The summed E-state index contributed by atoms with van der Waals surface area (Å²) in [5.74, 6) is 1.79. The second kappa shape index (κ2) is 5.13. The summed E-state index contributed by atoms with van der Waals surface area (Å²) in [6.07, 6.45) is 3.77. The Morgan fingerprint density at radius 1 is 1.19 bits per heavy atom. The molecule has 0 bridgehead atoms. The molecule has 3 rings (SSSR count). The van der Waals surface area contributed by atoms with E-state index in [1.165, 1.54) is 31.7 Å². The van der Waals surface area contributed by atoms with Gasteiger partial charge in [-0.25, -0.2) is 0 Å². The smallest absolute Gasteiger partial charge is 0.0271 e. The number of hydrogen-bond donors (Lipinski definition) is 1. The summed E-state index contributed by atoms with van der Waals surface area (Å²) in [4.78, 5) is 6.62. The van der Waals surface area contributed by atoms with Crippen molar-refractivity contribution in [2.24, 2.45) is 11.8 Å². The first-order valence-corrected chi connectivity index (χ1v) is 5.74. The second-order valence-electron chi connectivity index (χ2n) is 4.73. The quantitative estimate of drug-likeness (QED) is 0.840. The van der Waals surface area contributed by atoms with Crippen LogP contribution in [-0.4, -0.2) is 36.1 Å². The zero-order chi connectivity index (χ0) is 10.1. The van der Waals surface area contributed by atoms with E-state index in [1.54, 1.807) is 0 Å². The SMILES string of the molecule is Cl.c1cc(CN2C[C@H]3CNC[C@H]3C2)ccn1. The van der Waals surface area contributed by atoms with Crippen molar-refractivity contribution in [1.82, 2.24) is 15.2 Å². The number of nitrogens with zero attached hydrogens (tertiary/aromatic N) is 2. The Balaban J connectivity index is 0.000000963. The average molecular weight is 240 g/mol. The summed E-state index contributed by atoms with van der Waals surface area (Å²) in [5, 5.41) is 3.47. The van der Waals surface area contributed by atoms with Crippen LogP contribution in [0.25, 0.3) is 0 Å². The predicted molar refractivity (Wildman–Crippen MR) is 66.6 cm³/mol. The molecule has 0 saturated carbocycles. The van der Waals surface area contributed by atoms with Gasteiger partial charge >= 0.3 is 0 Å². The molecule has 0 aliphatic carbocycles. The third-order valence-corrected chi connectivity index (χ3v) is 3.62. The van der Waals surface area contributed by atoms with Gasteiger partial charge in [0, 0.05) is 32.0 Å². The van der Waals surface area contributed by atoms with Crippen LogP contribution in [0.5, 0.6) is 0 Å². The lowest BCUT2D eigenvalue weighted by Crippen LogP contribution is -2.25. The van der Waals surface area contributed by atoms with Gasteiger partial charge in [-0.1, -0.05) is 0 Å². The number of fused-ring (bicyclic) bond motifs is 1. The van der Waals surface area contributed by atoms with E-state index in [1.807, 2.05) is 12.4 Å². The molecule has 1 aromatic heterocycles. The van der Waals surface area contributed by atoms with E-state index >= 15 is 0 Å². The molecular formula is C12H18ClN3. The van der Waals surface area contributed by atoms with Crippen LogP contribution in [0.4, 0.5) is 0 Å². The highest BCUT2D eigenvalue weighted by atomic mass is 35.5. The van der Waals surface area contributed by atoms with Crippen LogP contribution >= 0.6 is 12.4 Å². The Morgan fingerprint density at radius 3 is 2.44 bits per heavy atom.